The van der Waals surface area contributed by atoms with Crippen molar-refractivity contribution in [1.82, 2.24) is 10.2 Å². The monoisotopic (exact) mass is 288 g/mol. The number of benzene rings is 1. The molecule has 1 aromatic rings. The Hall–Kier alpha value is -0.860. The number of aryl methyl sites for hydroxylation is 3. The van der Waals surface area contributed by atoms with Gasteiger partial charge in [0.25, 0.3) is 0 Å². The summed E-state index contributed by atoms with van der Waals surface area (Å²) in [5.41, 5.74) is 5.69. The van der Waals surface area contributed by atoms with Gasteiger partial charge in [-0.2, -0.15) is 0 Å². The van der Waals surface area contributed by atoms with Crippen LogP contribution in [0.4, 0.5) is 0 Å². The average Bonchev–Trinajstić information content (AvgIpc) is 2.89. The summed E-state index contributed by atoms with van der Waals surface area (Å²) in [6.07, 6.45) is 5.72. The molecule has 0 aromatic heterocycles. The van der Waals surface area contributed by atoms with Gasteiger partial charge in [-0.25, -0.2) is 0 Å². The molecule has 118 valence electrons. The molecular formula is C19H32N2. The maximum Gasteiger partial charge on any atom is 0.0452 e. The first-order chi connectivity index (χ1) is 10.0. The van der Waals surface area contributed by atoms with Gasteiger partial charge in [0.15, 0.2) is 0 Å². The molecule has 21 heavy (non-hydrogen) atoms. The van der Waals surface area contributed by atoms with E-state index in [1.807, 2.05) is 0 Å². The van der Waals surface area contributed by atoms with Crippen LogP contribution in [0, 0.1) is 26.7 Å². The van der Waals surface area contributed by atoms with Gasteiger partial charge in [0.2, 0.25) is 0 Å². The van der Waals surface area contributed by atoms with E-state index in [9.17, 15) is 0 Å². The van der Waals surface area contributed by atoms with Gasteiger partial charge in [-0.15, -0.1) is 0 Å². The lowest BCUT2D eigenvalue weighted by molar-refractivity contribution is 0.253. The fourth-order valence-electron chi connectivity index (χ4n) is 4.09. The third-order valence-corrected chi connectivity index (χ3v) is 4.97. The lowest BCUT2D eigenvalue weighted by Gasteiger charge is -2.28. The summed E-state index contributed by atoms with van der Waals surface area (Å²) in [6, 6.07) is 5.05. The van der Waals surface area contributed by atoms with Gasteiger partial charge in [-0.05, 0) is 70.3 Å². The zero-order valence-corrected chi connectivity index (χ0v) is 14.5. The van der Waals surface area contributed by atoms with E-state index < -0.39 is 0 Å². The molecule has 1 atom stereocenters. The highest BCUT2D eigenvalue weighted by molar-refractivity contribution is 5.39. The Morgan fingerprint density at radius 1 is 1.14 bits per heavy atom. The van der Waals surface area contributed by atoms with Gasteiger partial charge in [-0.3, -0.25) is 0 Å². The lowest BCUT2D eigenvalue weighted by atomic mass is 9.93. The Morgan fingerprint density at radius 2 is 1.71 bits per heavy atom. The largest absolute Gasteiger partial charge is 0.312 e. The van der Waals surface area contributed by atoms with Crippen molar-refractivity contribution >= 4 is 0 Å². The molecule has 1 aromatic carbocycles. The first kappa shape index (κ1) is 16.5. The standard InChI is InChI=1S/C19H32N2/c1-14-10-15(2)19(16(3)11-14)18(20-4)13-21(5)12-17-8-6-7-9-17/h10-11,17-18,20H,6-9,12-13H2,1-5H3. The van der Waals surface area contributed by atoms with Crippen molar-refractivity contribution in [3.05, 3.63) is 34.4 Å². The van der Waals surface area contributed by atoms with Gasteiger partial charge in [0.05, 0.1) is 0 Å². The van der Waals surface area contributed by atoms with Crippen molar-refractivity contribution in [3.63, 3.8) is 0 Å². The summed E-state index contributed by atoms with van der Waals surface area (Å²) >= 11 is 0. The highest BCUT2D eigenvalue weighted by Gasteiger charge is 2.20. The molecule has 1 fully saturated rings. The van der Waals surface area contributed by atoms with Crippen LogP contribution in [0.5, 0.6) is 0 Å². The Kier molecular flexibility index (Phi) is 5.83. The minimum Gasteiger partial charge on any atom is -0.312 e. The molecule has 1 unspecified atom stereocenters. The number of hydrogen-bond donors (Lipinski definition) is 1. The first-order valence-electron chi connectivity index (χ1n) is 8.44. The van der Waals surface area contributed by atoms with E-state index in [1.54, 1.807) is 0 Å². The number of nitrogens with zero attached hydrogens (tertiary/aromatic N) is 1. The molecule has 2 heteroatoms. The molecule has 0 aliphatic heterocycles. The van der Waals surface area contributed by atoms with Crippen molar-refractivity contribution in [3.8, 4) is 0 Å². The smallest absolute Gasteiger partial charge is 0.0452 e. The highest BCUT2D eigenvalue weighted by Crippen LogP contribution is 2.27. The van der Waals surface area contributed by atoms with Crippen LogP contribution in [0.3, 0.4) is 0 Å². The van der Waals surface area contributed by atoms with E-state index >= 15 is 0 Å². The lowest BCUT2D eigenvalue weighted by Crippen LogP contribution is -2.34. The summed E-state index contributed by atoms with van der Waals surface area (Å²) in [4.78, 5) is 2.52. The fraction of sp³-hybridized carbons (Fsp3) is 0.684. The molecule has 0 heterocycles. The topological polar surface area (TPSA) is 15.3 Å². The van der Waals surface area contributed by atoms with Gasteiger partial charge in [0, 0.05) is 19.1 Å². The minimum absolute atomic E-state index is 0.428. The molecule has 1 aliphatic rings. The molecule has 0 amide bonds. The maximum atomic E-state index is 3.53. The molecule has 0 bridgehead atoms. The Labute approximate surface area is 130 Å². The minimum atomic E-state index is 0.428. The summed E-state index contributed by atoms with van der Waals surface area (Å²) in [7, 11) is 4.37. The van der Waals surface area contributed by atoms with Crippen molar-refractivity contribution < 1.29 is 0 Å². The summed E-state index contributed by atoms with van der Waals surface area (Å²) in [6.45, 7) is 9.03. The predicted octanol–water partition coefficient (Wildman–Crippen LogP) is 3.99. The molecule has 2 rings (SSSR count). The van der Waals surface area contributed by atoms with Crippen molar-refractivity contribution in [2.24, 2.45) is 5.92 Å². The second-order valence-electron chi connectivity index (χ2n) is 7.03. The summed E-state index contributed by atoms with van der Waals surface area (Å²) < 4.78 is 0. The quantitative estimate of drug-likeness (QED) is 0.851. The SMILES string of the molecule is CNC(CN(C)CC1CCCC1)c1c(C)cc(C)cc1C. The third-order valence-electron chi connectivity index (χ3n) is 4.97. The molecule has 1 aliphatic carbocycles. The molecule has 0 radical (unpaired) electrons. The number of hydrogen-bond acceptors (Lipinski definition) is 2. The normalized spacial score (nSPS) is 17.6. The van der Waals surface area contributed by atoms with Gasteiger partial charge in [-0.1, -0.05) is 30.5 Å². The second kappa shape index (κ2) is 7.42. The summed E-state index contributed by atoms with van der Waals surface area (Å²) in [5, 5.41) is 3.53. The molecule has 1 saturated carbocycles. The fourth-order valence-corrected chi connectivity index (χ4v) is 4.09. The van der Waals surface area contributed by atoms with Crippen LogP contribution in [0.1, 0.15) is 54.0 Å². The predicted molar refractivity (Wildman–Crippen MR) is 91.9 cm³/mol. The Morgan fingerprint density at radius 3 is 2.24 bits per heavy atom. The number of nitrogens with one attached hydrogen (secondary N) is 1. The second-order valence-corrected chi connectivity index (χ2v) is 7.03. The van der Waals surface area contributed by atoms with Gasteiger partial charge >= 0.3 is 0 Å². The average molecular weight is 288 g/mol. The van der Waals surface area contributed by atoms with E-state index in [-0.39, 0.29) is 0 Å². The maximum absolute atomic E-state index is 3.53. The molecule has 0 saturated heterocycles. The van der Waals surface area contributed by atoms with Crippen molar-refractivity contribution in [2.75, 3.05) is 27.2 Å². The van der Waals surface area contributed by atoms with Crippen molar-refractivity contribution in [1.29, 1.82) is 0 Å². The molecule has 1 N–H and O–H groups in total. The van der Waals surface area contributed by atoms with E-state index in [1.165, 1.54) is 54.5 Å². The van der Waals surface area contributed by atoms with E-state index in [2.05, 4.69) is 57.2 Å². The van der Waals surface area contributed by atoms with E-state index in [0.717, 1.165) is 12.5 Å². The summed E-state index contributed by atoms with van der Waals surface area (Å²) in [5.74, 6) is 0.924. The zero-order chi connectivity index (χ0) is 15.4. The van der Waals surface area contributed by atoms with Crippen LogP contribution in [0.15, 0.2) is 12.1 Å². The third kappa shape index (κ3) is 4.31. The van der Waals surface area contributed by atoms with Crippen molar-refractivity contribution in [2.45, 2.75) is 52.5 Å². The van der Waals surface area contributed by atoms with E-state index in [0.29, 0.717) is 6.04 Å². The van der Waals surface area contributed by atoms with E-state index in [4.69, 9.17) is 0 Å². The first-order valence-corrected chi connectivity index (χ1v) is 8.44. The Bertz CT molecular complexity index is 438. The highest BCUT2D eigenvalue weighted by atomic mass is 15.1. The number of likely N-dealkylation sites (N-methyl/N-ethyl adjacent to an activating group) is 2. The zero-order valence-electron chi connectivity index (χ0n) is 14.5. The van der Waals surface area contributed by atoms with Crippen LogP contribution in [-0.4, -0.2) is 32.1 Å². The van der Waals surface area contributed by atoms with Crippen LogP contribution < -0.4 is 5.32 Å². The van der Waals surface area contributed by atoms with Crippen LogP contribution in [-0.2, 0) is 0 Å². The van der Waals surface area contributed by atoms with Crippen LogP contribution in [0.25, 0.3) is 0 Å². The van der Waals surface area contributed by atoms with Gasteiger partial charge < -0.3 is 10.2 Å². The molecule has 2 nitrogen and oxygen atoms in total. The molecule has 0 spiro atoms. The van der Waals surface area contributed by atoms with Crippen LogP contribution in [0.2, 0.25) is 0 Å². The molecular weight excluding hydrogens is 256 g/mol. The Balaban J connectivity index is 2.05. The van der Waals surface area contributed by atoms with Gasteiger partial charge in [0.1, 0.15) is 0 Å². The number of rotatable bonds is 6. The van der Waals surface area contributed by atoms with Crippen LogP contribution >= 0.6 is 0 Å².